The number of amides is 3. The molecule has 2 unspecified atom stereocenters. The Morgan fingerprint density at radius 2 is 1.86 bits per heavy atom. The summed E-state index contributed by atoms with van der Waals surface area (Å²) in [5.74, 6) is 0.562. The van der Waals surface area contributed by atoms with Gasteiger partial charge in [-0.3, -0.25) is 14.6 Å². The topological polar surface area (TPSA) is 59.5 Å². The fraction of sp³-hybridized carbons (Fsp3) is 0.500. The van der Waals surface area contributed by atoms with E-state index in [1.807, 2.05) is 18.0 Å². The summed E-state index contributed by atoms with van der Waals surface area (Å²) in [5, 5.41) is 0. The minimum Gasteiger partial charge on any atom is -0.302 e. The summed E-state index contributed by atoms with van der Waals surface area (Å²) in [6.07, 6.45) is 4.36. The first-order valence-corrected chi connectivity index (χ1v) is 10.3. The fourth-order valence-corrected chi connectivity index (χ4v) is 4.43. The highest BCUT2D eigenvalue weighted by atomic mass is 16.2. The van der Waals surface area contributed by atoms with Crippen molar-refractivity contribution >= 4 is 23.6 Å². The lowest BCUT2D eigenvalue weighted by molar-refractivity contribution is -0.136. The second kappa shape index (κ2) is 7.21. The van der Waals surface area contributed by atoms with E-state index < -0.39 is 12.2 Å². The number of hydrogen-bond donors (Lipinski definition) is 0. The Labute approximate surface area is 172 Å². The van der Waals surface area contributed by atoms with Crippen molar-refractivity contribution in [2.75, 3.05) is 18.5 Å². The van der Waals surface area contributed by atoms with Gasteiger partial charge in [0, 0.05) is 25.5 Å². The number of likely N-dealkylation sites (N-methyl/N-ethyl adjacent to an activating group) is 1. The number of benzene rings is 1. The lowest BCUT2D eigenvalue weighted by Gasteiger charge is -2.40. The lowest BCUT2D eigenvalue weighted by atomic mass is 10.1. The Morgan fingerprint density at radius 3 is 2.55 bits per heavy atom. The number of allylic oxidation sites excluding steroid dienone is 1. The monoisotopic (exact) mass is 395 g/mol. The van der Waals surface area contributed by atoms with Crippen molar-refractivity contribution in [3.63, 3.8) is 0 Å². The molecule has 7 heteroatoms. The number of carbonyl (C=O) groups excluding carboxylic acids is 2. The van der Waals surface area contributed by atoms with Gasteiger partial charge in [-0.25, -0.2) is 9.79 Å². The van der Waals surface area contributed by atoms with E-state index in [0.29, 0.717) is 12.5 Å². The van der Waals surface area contributed by atoms with Crippen LogP contribution in [0.4, 0.5) is 10.5 Å². The Hall–Kier alpha value is -2.83. The Bertz CT molecular complexity index is 922. The number of hydrogen-bond acceptors (Lipinski definition) is 5. The Balaban J connectivity index is 1.67. The van der Waals surface area contributed by atoms with E-state index >= 15 is 0 Å². The van der Waals surface area contributed by atoms with Crippen LogP contribution in [-0.2, 0) is 4.79 Å². The molecule has 1 fully saturated rings. The van der Waals surface area contributed by atoms with E-state index in [1.54, 1.807) is 11.9 Å². The van der Waals surface area contributed by atoms with E-state index in [-0.39, 0.29) is 11.9 Å². The number of nitrogens with zero attached hydrogens (tertiary/aromatic N) is 5. The second-order valence-corrected chi connectivity index (χ2v) is 8.18. The number of unbranched alkanes of at least 4 members (excludes halogenated alkanes) is 2. The van der Waals surface area contributed by atoms with Crippen LogP contribution in [0.25, 0.3) is 0 Å². The van der Waals surface area contributed by atoms with E-state index in [2.05, 4.69) is 43.9 Å². The van der Waals surface area contributed by atoms with Crippen LogP contribution >= 0.6 is 0 Å². The quantitative estimate of drug-likeness (QED) is 0.717. The van der Waals surface area contributed by atoms with Crippen LogP contribution in [0, 0.1) is 13.8 Å². The molecule has 3 heterocycles. The molecule has 0 radical (unpaired) electrons. The molecule has 0 saturated carbocycles. The van der Waals surface area contributed by atoms with Crippen molar-refractivity contribution in [2.45, 2.75) is 59.2 Å². The number of imide groups is 1. The molecular weight excluding hydrogens is 366 g/mol. The molecule has 4 rings (SSSR count). The molecule has 1 saturated heterocycles. The van der Waals surface area contributed by atoms with Crippen LogP contribution in [0.15, 0.2) is 35.1 Å². The van der Waals surface area contributed by atoms with Gasteiger partial charge in [0.2, 0.25) is 5.96 Å². The van der Waals surface area contributed by atoms with Crippen LogP contribution in [0.2, 0.25) is 0 Å². The van der Waals surface area contributed by atoms with Crippen LogP contribution in [0.3, 0.4) is 0 Å². The normalized spacial score (nSPS) is 23.5. The SMILES string of the molecule is CCCCCN1C(=O)C2C(N=C3N(c4ccc(C)cc4C)C(C)=CN32)N(C)C1=O. The van der Waals surface area contributed by atoms with E-state index in [0.717, 1.165) is 36.2 Å². The zero-order valence-electron chi connectivity index (χ0n) is 17.8. The van der Waals surface area contributed by atoms with E-state index in [9.17, 15) is 9.59 Å². The maximum atomic E-state index is 13.3. The molecule has 154 valence electrons. The van der Waals surface area contributed by atoms with Crippen molar-refractivity contribution in [1.29, 1.82) is 0 Å². The van der Waals surface area contributed by atoms with Gasteiger partial charge >= 0.3 is 6.03 Å². The number of carbonyl (C=O) groups is 2. The molecule has 29 heavy (non-hydrogen) atoms. The molecule has 3 aliphatic heterocycles. The third-order valence-electron chi connectivity index (χ3n) is 5.97. The maximum absolute atomic E-state index is 13.3. The largest absolute Gasteiger partial charge is 0.328 e. The number of anilines is 1. The molecule has 0 spiro atoms. The highest BCUT2D eigenvalue weighted by molar-refractivity contribution is 6.10. The third kappa shape index (κ3) is 2.99. The molecule has 7 nitrogen and oxygen atoms in total. The van der Waals surface area contributed by atoms with Gasteiger partial charge in [0.15, 0.2) is 12.2 Å². The van der Waals surface area contributed by atoms with Gasteiger partial charge in [-0.05, 0) is 38.8 Å². The van der Waals surface area contributed by atoms with Gasteiger partial charge < -0.3 is 9.80 Å². The van der Waals surface area contributed by atoms with Crippen molar-refractivity contribution in [3.05, 3.63) is 41.2 Å². The molecule has 3 aliphatic rings. The molecule has 0 N–H and O–H groups in total. The van der Waals surface area contributed by atoms with Crippen LogP contribution in [0.1, 0.15) is 44.2 Å². The average molecular weight is 396 g/mol. The molecule has 1 aromatic rings. The summed E-state index contributed by atoms with van der Waals surface area (Å²) in [6.45, 7) is 8.75. The summed E-state index contributed by atoms with van der Waals surface area (Å²) < 4.78 is 0. The first-order chi connectivity index (χ1) is 13.8. The number of aryl methyl sites for hydroxylation is 2. The first-order valence-electron chi connectivity index (χ1n) is 10.3. The zero-order chi connectivity index (χ0) is 20.9. The molecule has 0 aliphatic carbocycles. The average Bonchev–Trinajstić information content (AvgIpc) is 3.18. The highest BCUT2D eigenvalue weighted by Gasteiger charge is 2.54. The molecular formula is C22H29N5O2. The number of rotatable bonds is 5. The number of guanidine groups is 1. The number of aliphatic imine (C=N–C) groups is 1. The van der Waals surface area contributed by atoms with Gasteiger partial charge in [-0.1, -0.05) is 37.5 Å². The standard InChI is InChI=1S/C22H29N5O2/c1-6-7-8-11-25-20(28)18-19(24(5)22(25)29)23-21-26(18)13-16(4)27(21)17-10-9-14(2)12-15(17)3/h9-10,12-13,18-19H,6-8,11H2,1-5H3. The van der Waals surface area contributed by atoms with Crippen molar-refractivity contribution in [2.24, 2.45) is 4.99 Å². The number of urea groups is 1. The Kier molecular flexibility index (Phi) is 4.84. The van der Waals surface area contributed by atoms with Gasteiger partial charge in [0.05, 0.1) is 5.69 Å². The van der Waals surface area contributed by atoms with Gasteiger partial charge in [0.25, 0.3) is 5.91 Å². The van der Waals surface area contributed by atoms with Gasteiger partial charge in [0.1, 0.15) is 0 Å². The maximum Gasteiger partial charge on any atom is 0.328 e. The molecule has 1 aromatic carbocycles. The van der Waals surface area contributed by atoms with Crippen molar-refractivity contribution in [1.82, 2.24) is 14.7 Å². The van der Waals surface area contributed by atoms with Gasteiger partial charge in [-0.15, -0.1) is 0 Å². The summed E-state index contributed by atoms with van der Waals surface area (Å²) in [7, 11) is 1.74. The third-order valence-corrected chi connectivity index (χ3v) is 5.97. The first kappa shape index (κ1) is 19.5. The minimum atomic E-state index is -0.500. The zero-order valence-corrected chi connectivity index (χ0v) is 17.8. The molecule has 0 bridgehead atoms. The highest BCUT2D eigenvalue weighted by Crippen LogP contribution is 2.37. The number of fused-ring (bicyclic) bond motifs is 3. The fourth-order valence-electron chi connectivity index (χ4n) is 4.43. The van der Waals surface area contributed by atoms with Gasteiger partial charge in [-0.2, -0.15) is 0 Å². The summed E-state index contributed by atoms with van der Waals surface area (Å²) in [4.78, 5) is 38.0. The molecule has 0 aromatic heterocycles. The van der Waals surface area contributed by atoms with Crippen molar-refractivity contribution in [3.8, 4) is 0 Å². The smallest absolute Gasteiger partial charge is 0.302 e. The minimum absolute atomic E-state index is 0.153. The molecule has 2 atom stereocenters. The predicted molar refractivity (Wildman–Crippen MR) is 113 cm³/mol. The predicted octanol–water partition coefficient (Wildman–Crippen LogP) is 3.44. The van der Waals surface area contributed by atoms with E-state index in [4.69, 9.17) is 4.99 Å². The van der Waals surface area contributed by atoms with Crippen LogP contribution < -0.4 is 4.90 Å². The van der Waals surface area contributed by atoms with Crippen LogP contribution in [-0.4, -0.2) is 58.4 Å². The van der Waals surface area contributed by atoms with Crippen LogP contribution in [0.5, 0.6) is 0 Å². The lowest BCUT2D eigenvalue weighted by Crippen LogP contribution is -2.64. The summed E-state index contributed by atoms with van der Waals surface area (Å²) >= 11 is 0. The van der Waals surface area contributed by atoms with Crippen molar-refractivity contribution < 1.29 is 9.59 Å². The summed E-state index contributed by atoms with van der Waals surface area (Å²) in [6, 6.07) is 5.56. The Morgan fingerprint density at radius 1 is 1.10 bits per heavy atom. The molecule has 3 amide bonds. The second-order valence-electron chi connectivity index (χ2n) is 8.18. The van der Waals surface area contributed by atoms with E-state index in [1.165, 1.54) is 10.5 Å². The summed E-state index contributed by atoms with van der Waals surface area (Å²) in [5.41, 5.74) is 4.41.